The van der Waals surface area contributed by atoms with Crippen molar-refractivity contribution in [3.8, 4) is 0 Å². The number of fused-ring (bicyclic) bond motifs is 1. The van der Waals surface area contributed by atoms with Gasteiger partial charge in [-0.2, -0.15) is 0 Å². The Kier molecular flexibility index (Phi) is 7.12. The Morgan fingerprint density at radius 2 is 1.67 bits per heavy atom. The third kappa shape index (κ3) is 6.25. The molecule has 0 aromatic heterocycles. The molecule has 2 aliphatic rings. The normalized spacial score (nSPS) is 19.8. The van der Waals surface area contributed by atoms with Crippen LogP contribution in [-0.2, 0) is 22.5 Å². The SMILES string of the molecule is O=C(O)C[C@H]1CC[C@H](OC(=O)N2CCc3cc(NC(=O)Nc4ccccc4)ccc3C2)CC1. The summed E-state index contributed by atoms with van der Waals surface area (Å²) in [5, 5.41) is 14.6. The molecule has 8 nitrogen and oxygen atoms in total. The molecule has 0 radical (unpaired) electrons. The van der Waals surface area contributed by atoms with Gasteiger partial charge in [0.1, 0.15) is 6.10 Å². The summed E-state index contributed by atoms with van der Waals surface area (Å²) in [7, 11) is 0. The van der Waals surface area contributed by atoms with Gasteiger partial charge in [-0.1, -0.05) is 24.3 Å². The minimum Gasteiger partial charge on any atom is -0.481 e. The van der Waals surface area contributed by atoms with Crippen molar-refractivity contribution < 1.29 is 24.2 Å². The molecule has 0 atom stereocenters. The van der Waals surface area contributed by atoms with Gasteiger partial charge in [0, 0.05) is 30.9 Å². The van der Waals surface area contributed by atoms with E-state index in [-0.39, 0.29) is 30.6 Å². The predicted molar refractivity (Wildman–Crippen MR) is 124 cm³/mol. The van der Waals surface area contributed by atoms with Gasteiger partial charge < -0.3 is 25.4 Å². The highest BCUT2D eigenvalue weighted by molar-refractivity contribution is 5.99. The van der Waals surface area contributed by atoms with Crippen molar-refractivity contribution in [3.05, 3.63) is 59.7 Å². The summed E-state index contributed by atoms with van der Waals surface area (Å²) in [6.07, 6.45) is 3.41. The zero-order chi connectivity index (χ0) is 23.2. The number of aliphatic carboxylic acids is 1. The van der Waals surface area contributed by atoms with Crippen LogP contribution < -0.4 is 10.6 Å². The van der Waals surface area contributed by atoms with E-state index in [4.69, 9.17) is 9.84 Å². The van der Waals surface area contributed by atoms with Crippen LogP contribution in [-0.4, -0.2) is 40.7 Å². The van der Waals surface area contributed by atoms with Gasteiger partial charge in [-0.15, -0.1) is 0 Å². The standard InChI is InChI=1S/C25H29N3O5/c29-23(30)14-17-6-10-22(11-7-17)33-25(32)28-13-12-18-15-21(9-8-19(18)16-28)27-24(31)26-20-4-2-1-3-5-20/h1-5,8-9,15,17,22H,6-7,10-14,16H2,(H,29,30)(H2,26,27,31)/t17-,22-. The Morgan fingerprint density at radius 3 is 2.39 bits per heavy atom. The van der Waals surface area contributed by atoms with Gasteiger partial charge in [0.2, 0.25) is 0 Å². The van der Waals surface area contributed by atoms with Crippen LogP contribution in [0.4, 0.5) is 21.0 Å². The Morgan fingerprint density at radius 1 is 0.939 bits per heavy atom. The van der Waals surface area contributed by atoms with Gasteiger partial charge in [-0.25, -0.2) is 9.59 Å². The smallest absolute Gasteiger partial charge is 0.410 e. The van der Waals surface area contributed by atoms with E-state index < -0.39 is 5.97 Å². The predicted octanol–water partition coefficient (Wildman–Crippen LogP) is 4.86. The number of urea groups is 1. The second kappa shape index (κ2) is 10.4. The lowest BCUT2D eigenvalue weighted by Crippen LogP contribution is -2.39. The molecule has 1 fully saturated rings. The second-order valence-electron chi connectivity index (χ2n) is 8.72. The maximum Gasteiger partial charge on any atom is 0.410 e. The fraction of sp³-hybridized carbons (Fsp3) is 0.400. The summed E-state index contributed by atoms with van der Waals surface area (Å²) >= 11 is 0. The third-order valence-corrected chi connectivity index (χ3v) is 6.29. The molecule has 1 aliphatic heterocycles. The molecule has 3 N–H and O–H groups in total. The van der Waals surface area contributed by atoms with Crippen LogP contribution in [0.15, 0.2) is 48.5 Å². The lowest BCUT2D eigenvalue weighted by molar-refractivity contribution is -0.138. The van der Waals surface area contributed by atoms with E-state index >= 15 is 0 Å². The van der Waals surface area contributed by atoms with Crippen LogP contribution >= 0.6 is 0 Å². The summed E-state index contributed by atoms with van der Waals surface area (Å²) in [6, 6.07) is 14.7. The molecule has 1 saturated carbocycles. The molecule has 0 bridgehead atoms. The van der Waals surface area contributed by atoms with E-state index in [2.05, 4.69) is 10.6 Å². The van der Waals surface area contributed by atoms with Gasteiger partial charge in [-0.05, 0) is 73.4 Å². The first-order valence-electron chi connectivity index (χ1n) is 11.4. The van der Waals surface area contributed by atoms with E-state index in [0.717, 1.165) is 29.7 Å². The highest BCUT2D eigenvalue weighted by Gasteiger charge is 2.28. The first kappa shape index (κ1) is 22.6. The Hall–Kier alpha value is -3.55. The van der Waals surface area contributed by atoms with E-state index in [1.54, 1.807) is 4.90 Å². The highest BCUT2D eigenvalue weighted by Crippen LogP contribution is 2.30. The van der Waals surface area contributed by atoms with Crippen molar-refractivity contribution in [1.29, 1.82) is 0 Å². The third-order valence-electron chi connectivity index (χ3n) is 6.29. The Labute approximate surface area is 192 Å². The number of carbonyl (C=O) groups is 3. The first-order valence-corrected chi connectivity index (χ1v) is 11.4. The van der Waals surface area contributed by atoms with E-state index in [1.165, 1.54) is 0 Å². The molecule has 174 valence electrons. The number of carboxylic acid groups (broad SMARTS) is 1. The fourth-order valence-electron chi connectivity index (χ4n) is 4.52. The van der Waals surface area contributed by atoms with Gasteiger partial charge in [-0.3, -0.25) is 4.79 Å². The average Bonchev–Trinajstić information content (AvgIpc) is 2.80. The monoisotopic (exact) mass is 451 g/mol. The van der Waals surface area contributed by atoms with E-state index in [1.807, 2.05) is 48.5 Å². The van der Waals surface area contributed by atoms with Crippen LogP contribution in [0.1, 0.15) is 43.2 Å². The molecule has 2 aromatic carbocycles. The maximum absolute atomic E-state index is 12.7. The highest BCUT2D eigenvalue weighted by atomic mass is 16.6. The van der Waals surface area contributed by atoms with Crippen LogP contribution in [0.2, 0.25) is 0 Å². The van der Waals surface area contributed by atoms with Gasteiger partial charge in [0.25, 0.3) is 0 Å². The molecular weight excluding hydrogens is 422 g/mol. The summed E-state index contributed by atoms with van der Waals surface area (Å²) in [6.45, 7) is 1.03. The number of carbonyl (C=O) groups excluding carboxylic acids is 2. The molecule has 8 heteroatoms. The van der Waals surface area contributed by atoms with Gasteiger partial charge in [0.15, 0.2) is 0 Å². The second-order valence-corrected chi connectivity index (χ2v) is 8.72. The number of amides is 3. The minimum atomic E-state index is -0.766. The van der Waals surface area contributed by atoms with Crippen LogP contribution in [0.25, 0.3) is 0 Å². The molecule has 33 heavy (non-hydrogen) atoms. The first-order chi connectivity index (χ1) is 16.0. The molecular formula is C25H29N3O5. The largest absolute Gasteiger partial charge is 0.481 e. The number of rotatable bonds is 5. The van der Waals surface area contributed by atoms with Crippen molar-refractivity contribution >= 4 is 29.5 Å². The Balaban J connectivity index is 1.27. The number of carboxylic acids is 1. The number of ether oxygens (including phenoxy) is 1. The zero-order valence-corrected chi connectivity index (χ0v) is 18.5. The number of benzene rings is 2. The summed E-state index contributed by atoms with van der Waals surface area (Å²) < 4.78 is 5.71. The molecule has 4 rings (SSSR count). The molecule has 1 aliphatic carbocycles. The average molecular weight is 452 g/mol. The fourth-order valence-corrected chi connectivity index (χ4v) is 4.52. The Bertz CT molecular complexity index is 1000. The molecule has 3 amide bonds. The van der Waals surface area contributed by atoms with E-state index in [0.29, 0.717) is 38.0 Å². The minimum absolute atomic E-state index is 0.140. The quantitative estimate of drug-likeness (QED) is 0.602. The topological polar surface area (TPSA) is 108 Å². The lowest BCUT2D eigenvalue weighted by atomic mass is 9.85. The maximum atomic E-state index is 12.7. The molecule has 0 saturated heterocycles. The number of nitrogens with zero attached hydrogens (tertiary/aromatic N) is 1. The zero-order valence-electron chi connectivity index (χ0n) is 18.5. The van der Waals surface area contributed by atoms with Crippen LogP contribution in [0.5, 0.6) is 0 Å². The van der Waals surface area contributed by atoms with Crippen molar-refractivity contribution in [2.75, 3.05) is 17.2 Å². The van der Waals surface area contributed by atoms with Crippen molar-refractivity contribution in [1.82, 2.24) is 4.90 Å². The van der Waals surface area contributed by atoms with Crippen LogP contribution in [0.3, 0.4) is 0 Å². The summed E-state index contributed by atoms with van der Waals surface area (Å²) in [5.41, 5.74) is 3.57. The lowest BCUT2D eigenvalue weighted by Gasteiger charge is -2.32. The van der Waals surface area contributed by atoms with Crippen molar-refractivity contribution in [3.63, 3.8) is 0 Å². The van der Waals surface area contributed by atoms with Crippen LogP contribution in [0, 0.1) is 5.92 Å². The number of hydrogen-bond acceptors (Lipinski definition) is 4. The number of nitrogens with one attached hydrogen (secondary N) is 2. The summed E-state index contributed by atoms with van der Waals surface area (Å²) in [4.78, 5) is 37.5. The van der Waals surface area contributed by atoms with Gasteiger partial charge in [0.05, 0.1) is 0 Å². The molecule has 0 spiro atoms. The number of para-hydroxylation sites is 1. The molecule has 0 unspecified atom stereocenters. The van der Waals surface area contributed by atoms with Gasteiger partial charge >= 0.3 is 18.1 Å². The number of hydrogen-bond donors (Lipinski definition) is 3. The van der Waals surface area contributed by atoms with Crippen molar-refractivity contribution in [2.24, 2.45) is 5.92 Å². The number of anilines is 2. The summed E-state index contributed by atoms with van der Waals surface area (Å²) in [5.74, 6) is -0.588. The molecule has 1 heterocycles. The van der Waals surface area contributed by atoms with E-state index in [9.17, 15) is 14.4 Å². The molecule has 2 aromatic rings. The van der Waals surface area contributed by atoms with Crippen molar-refractivity contribution in [2.45, 2.75) is 51.2 Å².